The third kappa shape index (κ3) is 5.12. The average Bonchev–Trinajstić information content (AvgIpc) is 3.62. The molecule has 3 heterocycles. The summed E-state index contributed by atoms with van der Waals surface area (Å²) in [5, 5.41) is 8.95. The van der Waals surface area contributed by atoms with Crippen molar-refractivity contribution in [3.05, 3.63) is 65.9 Å². The first-order chi connectivity index (χ1) is 16.6. The molecule has 8 nitrogen and oxygen atoms in total. The lowest BCUT2D eigenvalue weighted by Gasteiger charge is -2.35. The number of aromatic nitrogens is 4. The normalized spacial score (nSPS) is 16.3. The molecular formula is C26H33N7O. The van der Waals surface area contributed by atoms with Gasteiger partial charge in [0.1, 0.15) is 17.5 Å². The molecule has 3 aromatic rings. The summed E-state index contributed by atoms with van der Waals surface area (Å²) in [6.07, 6.45) is 5.34. The van der Waals surface area contributed by atoms with E-state index in [2.05, 4.69) is 67.9 Å². The van der Waals surface area contributed by atoms with Gasteiger partial charge in [0, 0.05) is 63.4 Å². The van der Waals surface area contributed by atoms with Crippen LogP contribution in [0.1, 0.15) is 42.4 Å². The second kappa shape index (κ2) is 9.93. The highest BCUT2D eigenvalue weighted by Crippen LogP contribution is 2.40. The lowest BCUT2D eigenvalue weighted by Crippen LogP contribution is -2.49. The van der Waals surface area contributed by atoms with E-state index in [1.54, 1.807) is 0 Å². The number of hydrogen-bond donors (Lipinski definition) is 0. The first kappa shape index (κ1) is 22.5. The van der Waals surface area contributed by atoms with Gasteiger partial charge in [-0.1, -0.05) is 24.3 Å². The maximum Gasteiger partial charge on any atom is 0.223 e. The summed E-state index contributed by atoms with van der Waals surface area (Å²) in [5.41, 5.74) is 2.28. The molecule has 34 heavy (non-hydrogen) atoms. The molecular weight excluding hydrogens is 426 g/mol. The zero-order valence-electron chi connectivity index (χ0n) is 20.1. The molecule has 2 aromatic heterocycles. The van der Waals surface area contributed by atoms with Gasteiger partial charge in [-0.05, 0) is 50.7 Å². The molecule has 1 aliphatic carbocycles. The van der Waals surface area contributed by atoms with Gasteiger partial charge in [-0.25, -0.2) is 4.98 Å². The first-order valence-corrected chi connectivity index (χ1v) is 12.2. The summed E-state index contributed by atoms with van der Waals surface area (Å²) >= 11 is 0. The van der Waals surface area contributed by atoms with Gasteiger partial charge in [0.15, 0.2) is 0 Å². The summed E-state index contributed by atoms with van der Waals surface area (Å²) in [6, 6.07) is 14.5. The van der Waals surface area contributed by atoms with Gasteiger partial charge in [0.25, 0.3) is 0 Å². The Morgan fingerprint density at radius 1 is 1.00 bits per heavy atom. The molecule has 5 rings (SSSR count). The summed E-state index contributed by atoms with van der Waals surface area (Å²) in [5.74, 6) is 3.58. The number of rotatable bonds is 8. The predicted octanol–water partition coefficient (Wildman–Crippen LogP) is 2.88. The van der Waals surface area contributed by atoms with Gasteiger partial charge < -0.3 is 14.7 Å². The summed E-state index contributed by atoms with van der Waals surface area (Å²) in [6.45, 7) is 3.93. The molecule has 0 N–H and O–H groups in total. The number of anilines is 1. The number of para-hydroxylation sites is 1. The minimum atomic E-state index is 0.185. The number of carbonyl (C=O) groups is 1. The maximum absolute atomic E-state index is 13.0. The SMILES string of the molecule is CN(C)Cc1ccc(N2CCN(C(=O)CCc3nnc(C4CC4)n3-c3ccccc3)CC2)nc1. The Bertz CT molecular complexity index is 1100. The topological polar surface area (TPSA) is 70.4 Å². The van der Waals surface area contributed by atoms with Crippen molar-refractivity contribution in [1.29, 1.82) is 0 Å². The monoisotopic (exact) mass is 459 g/mol. The number of carbonyl (C=O) groups excluding carboxylic acids is 1. The van der Waals surface area contributed by atoms with E-state index in [4.69, 9.17) is 0 Å². The van der Waals surface area contributed by atoms with E-state index in [1.165, 1.54) is 18.4 Å². The Labute approximate surface area is 201 Å². The zero-order valence-corrected chi connectivity index (χ0v) is 20.1. The van der Waals surface area contributed by atoms with E-state index in [-0.39, 0.29) is 5.91 Å². The highest BCUT2D eigenvalue weighted by molar-refractivity contribution is 5.76. The summed E-state index contributed by atoms with van der Waals surface area (Å²) in [7, 11) is 4.11. The maximum atomic E-state index is 13.0. The minimum absolute atomic E-state index is 0.185. The fraction of sp³-hybridized carbons (Fsp3) is 0.462. The number of aryl methyl sites for hydroxylation is 1. The molecule has 1 aromatic carbocycles. The Morgan fingerprint density at radius 2 is 1.76 bits per heavy atom. The quantitative estimate of drug-likeness (QED) is 0.516. The highest BCUT2D eigenvalue weighted by Gasteiger charge is 2.31. The third-order valence-corrected chi connectivity index (χ3v) is 6.54. The van der Waals surface area contributed by atoms with E-state index >= 15 is 0 Å². The molecule has 8 heteroatoms. The predicted molar refractivity (Wildman–Crippen MR) is 132 cm³/mol. The van der Waals surface area contributed by atoms with Gasteiger partial charge in [0.2, 0.25) is 5.91 Å². The Morgan fingerprint density at radius 3 is 2.41 bits per heavy atom. The van der Waals surface area contributed by atoms with Crippen molar-refractivity contribution in [1.82, 2.24) is 29.5 Å². The number of piperazine rings is 1. The van der Waals surface area contributed by atoms with Crippen molar-refractivity contribution in [2.24, 2.45) is 0 Å². The van der Waals surface area contributed by atoms with Crippen LogP contribution in [0.2, 0.25) is 0 Å². The van der Waals surface area contributed by atoms with Crippen LogP contribution in [0.5, 0.6) is 0 Å². The number of hydrogen-bond acceptors (Lipinski definition) is 6. The second-order valence-electron chi connectivity index (χ2n) is 9.55. The van der Waals surface area contributed by atoms with Crippen LogP contribution in [0.15, 0.2) is 48.7 Å². The van der Waals surface area contributed by atoms with Crippen LogP contribution in [0, 0.1) is 0 Å². The van der Waals surface area contributed by atoms with E-state index in [0.29, 0.717) is 18.8 Å². The van der Waals surface area contributed by atoms with Crippen molar-refractivity contribution < 1.29 is 4.79 Å². The van der Waals surface area contributed by atoms with E-state index in [1.807, 2.05) is 29.3 Å². The molecule has 1 saturated carbocycles. The number of nitrogens with zero attached hydrogens (tertiary/aromatic N) is 7. The van der Waals surface area contributed by atoms with Crippen molar-refractivity contribution in [2.75, 3.05) is 45.2 Å². The van der Waals surface area contributed by atoms with Crippen molar-refractivity contribution in [3.8, 4) is 5.69 Å². The van der Waals surface area contributed by atoms with Gasteiger partial charge in [0.05, 0.1) is 0 Å². The third-order valence-electron chi connectivity index (χ3n) is 6.54. The zero-order chi connectivity index (χ0) is 23.5. The van der Waals surface area contributed by atoms with Gasteiger partial charge in [-0.15, -0.1) is 10.2 Å². The Hall–Kier alpha value is -3.26. The summed E-state index contributed by atoms with van der Waals surface area (Å²) in [4.78, 5) is 24.0. The molecule has 2 aliphatic rings. The molecule has 0 spiro atoms. The highest BCUT2D eigenvalue weighted by atomic mass is 16.2. The van der Waals surface area contributed by atoms with Crippen LogP contribution in [0.25, 0.3) is 5.69 Å². The molecule has 0 bridgehead atoms. The average molecular weight is 460 g/mol. The van der Waals surface area contributed by atoms with Gasteiger partial charge in [-0.3, -0.25) is 9.36 Å². The van der Waals surface area contributed by atoms with Crippen LogP contribution in [0.4, 0.5) is 5.82 Å². The van der Waals surface area contributed by atoms with Crippen molar-refractivity contribution in [3.63, 3.8) is 0 Å². The fourth-order valence-electron chi connectivity index (χ4n) is 4.58. The van der Waals surface area contributed by atoms with Crippen molar-refractivity contribution >= 4 is 11.7 Å². The Kier molecular flexibility index (Phi) is 6.58. The number of amides is 1. The first-order valence-electron chi connectivity index (χ1n) is 12.2. The van der Waals surface area contributed by atoms with E-state index < -0.39 is 0 Å². The molecule has 0 radical (unpaired) electrons. The Balaban J connectivity index is 1.17. The molecule has 0 unspecified atom stereocenters. The lowest BCUT2D eigenvalue weighted by molar-refractivity contribution is -0.131. The molecule has 0 atom stereocenters. The fourth-order valence-corrected chi connectivity index (χ4v) is 4.58. The molecule has 1 amide bonds. The van der Waals surface area contributed by atoms with E-state index in [0.717, 1.165) is 55.9 Å². The summed E-state index contributed by atoms with van der Waals surface area (Å²) < 4.78 is 2.16. The van der Waals surface area contributed by atoms with Crippen LogP contribution in [-0.2, 0) is 17.8 Å². The molecule has 1 aliphatic heterocycles. The van der Waals surface area contributed by atoms with Gasteiger partial charge in [-0.2, -0.15) is 0 Å². The largest absolute Gasteiger partial charge is 0.353 e. The van der Waals surface area contributed by atoms with Crippen LogP contribution < -0.4 is 4.90 Å². The van der Waals surface area contributed by atoms with Crippen molar-refractivity contribution in [2.45, 2.75) is 38.1 Å². The smallest absolute Gasteiger partial charge is 0.223 e. The minimum Gasteiger partial charge on any atom is -0.353 e. The second-order valence-corrected chi connectivity index (χ2v) is 9.55. The lowest BCUT2D eigenvalue weighted by atomic mass is 10.2. The molecule has 1 saturated heterocycles. The van der Waals surface area contributed by atoms with Crippen LogP contribution >= 0.6 is 0 Å². The number of pyridine rings is 1. The standard InChI is InChI=1S/C26H33N7O/c1-30(2)19-20-8-11-23(27-18-20)31-14-16-32(17-15-31)25(34)13-12-24-28-29-26(21-9-10-21)33(24)22-6-4-3-5-7-22/h3-8,11,18,21H,9-10,12-17,19H2,1-2H3. The van der Waals surface area contributed by atoms with Crippen LogP contribution in [0.3, 0.4) is 0 Å². The molecule has 178 valence electrons. The van der Waals surface area contributed by atoms with Gasteiger partial charge >= 0.3 is 0 Å². The molecule has 2 fully saturated rings. The van der Waals surface area contributed by atoms with E-state index in [9.17, 15) is 4.79 Å². The van der Waals surface area contributed by atoms with Crippen LogP contribution in [-0.4, -0.2) is 75.7 Å². The number of benzene rings is 1.